The fourth-order valence-corrected chi connectivity index (χ4v) is 5.86. The molecule has 0 radical (unpaired) electrons. The fraction of sp³-hybridized carbons (Fsp3) is 0.152. The summed E-state index contributed by atoms with van der Waals surface area (Å²) in [6.07, 6.45) is 0. The van der Waals surface area contributed by atoms with Gasteiger partial charge >= 0.3 is 0 Å². The van der Waals surface area contributed by atoms with Crippen LogP contribution in [0.15, 0.2) is 109 Å². The van der Waals surface area contributed by atoms with E-state index in [2.05, 4.69) is 17.5 Å². The second-order valence-electron chi connectivity index (χ2n) is 9.73. The van der Waals surface area contributed by atoms with Crippen molar-refractivity contribution in [3.05, 3.63) is 141 Å². The smallest absolute Gasteiger partial charge is 0.170 e. The molecule has 0 aliphatic carbocycles. The van der Waals surface area contributed by atoms with Crippen molar-refractivity contribution in [2.45, 2.75) is 12.1 Å². The first kappa shape index (κ1) is 27.3. The summed E-state index contributed by atoms with van der Waals surface area (Å²) in [4.78, 5) is 28.6. The lowest BCUT2D eigenvalue weighted by Crippen LogP contribution is -2.58. The van der Waals surface area contributed by atoms with Crippen molar-refractivity contribution < 1.29 is 9.59 Å². The highest BCUT2D eigenvalue weighted by Gasteiger charge is 2.62. The molecule has 0 saturated carbocycles. The largest absolute Gasteiger partial charge is 0.301 e. The Morgan fingerprint density at radius 1 is 0.600 bits per heavy atom. The minimum atomic E-state index is -2.03. The second-order valence-corrected chi connectivity index (χ2v) is 10.6. The van der Waals surface area contributed by atoms with E-state index in [1.165, 1.54) is 0 Å². The standard InChI is InChI=1S/C33H23Cl2N3O2/c34-25-15-11-23(12-16-25)31(39)27-29(21-7-3-1-4-8-21)38-30(22-9-5-2-6-10-22)28(33(27,19-36)20-37)32(40)24-13-17-26(35)18-14-24/h1-18,27-30,38H. The van der Waals surface area contributed by atoms with E-state index in [0.29, 0.717) is 21.2 Å². The number of halogens is 2. The summed E-state index contributed by atoms with van der Waals surface area (Å²) in [6.45, 7) is 0. The predicted molar refractivity (Wildman–Crippen MR) is 154 cm³/mol. The highest BCUT2D eigenvalue weighted by atomic mass is 35.5. The molecule has 1 saturated heterocycles. The summed E-state index contributed by atoms with van der Waals surface area (Å²) in [5.41, 5.74) is 0.0106. The number of nitrogens with one attached hydrogen (secondary N) is 1. The third-order valence-corrected chi connectivity index (χ3v) is 8.02. The van der Waals surface area contributed by atoms with Crippen LogP contribution in [-0.2, 0) is 0 Å². The summed E-state index contributed by atoms with van der Waals surface area (Å²) >= 11 is 12.2. The molecule has 196 valence electrons. The van der Waals surface area contributed by atoms with E-state index in [1.807, 2.05) is 60.7 Å². The number of benzene rings is 4. The molecule has 0 spiro atoms. The molecule has 1 N–H and O–H groups in total. The van der Waals surface area contributed by atoms with Crippen molar-refractivity contribution in [1.82, 2.24) is 5.32 Å². The minimum absolute atomic E-state index is 0.294. The molecular weight excluding hydrogens is 541 g/mol. The van der Waals surface area contributed by atoms with Crippen LogP contribution in [-0.4, -0.2) is 11.6 Å². The van der Waals surface area contributed by atoms with Crippen molar-refractivity contribution in [3.63, 3.8) is 0 Å². The Bertz CT molecular complexity index is 1490. The number of hydrogen-bond donors (Lipinski definition) is 1. The van der Waals surface area contributed by atoms with Gasteiger partial charge in [-0.15, -0.1) is 0 Å². The quantitative estimate of drug-likeness (QED) is 0.246. The van der Waals surface area contributed by atoms with Gasteiger partial charge in [-0.2, -0.15) is 10.5 Å². The van der Waals surface area contributed by atoms with Gasteiger partial charge in [-0.05, 0) is 59.7 Å². The predicted octanol–water partition coefficient (Wildman–Crippen LogP) is 7.41. The summed E-state index contributed by atoms with van der Waals surface area (Å²) in [5, 5.41) is 26.1. The number of ketones is 2. The van der Waals surface area contributed by atoms with Crippen molar-refractivity contribution in [1.29, 1.82) is 10.5 Å². The zero-order chi connectivity index (χ0) is 28.3. The van der Waals surface area contributed by atoms with Crippen LogP contribution in [0.3, 0.4) is 0 Å². The van der Waals surface area contributed by atoms with E-state index in [9.17, 15) is 20.1 Å². The van der Waals surface area contributed by atoms with Gasteiger partial charge in [0.2, 0.25) is 0 Å². The Morgan fingerprint density at radius 3 is 1.27 bits per heavy atom. The van der Waals surface area contributed by atoms with Gasteiger partial charge in [-0.3, -0.25) is 9.59 Å². The Kier molecular flexibility index (Phi) is 7.83. The highest BCUT2D eigenvalue weighted by Crippen LogP contribution is 2.54. The molecule has 4 aromatic rings. The van der Waals surface area contributed by atoms with Gasteiger partial charge < -0.3 is 5.32 Å². The van der Waals surface area contributed by atoms with Crippen molar-refractivity contribution >= 4 is 34.8 Å². The van der Waals surface area contributed by atoms with Gasteiger partial charge in [0.15, 0.2) is 17.0 Å². The Morgan fingerprint density at radius 2 is 0.950 bits per heavy atom. The van der Waals surface area contributed by atoms with Crippen LogP contribution in [0.5, 0.6) is 0 Å². The minimum Gasteiger partial charge on any atom is -0.301 e. The zero-order valence-electron chi connectivity index (χ0n) is 21.2. The number of Topliss-reactive ketones (excluding diaryl/α,β-unsaturated/α-hetero) is 2. The fourth-order valence-electron chi connectivity index (χ4n) is 5.61. The van der Waals surface area contributed by atoms with Crippen molar-refractivity contribution in [2.75, 3.05) is 0 Å². The molecule has 0 aromatic heterocycles. The normalized spacial score (nSPS) is 21.5. The van der Waals surface area contributed by atoms with Crippen LogP contribution in [0.25, 0.3) is 0 Å². The van der Waals surface area contributed by atoms with Crippen LogP contribution < -0.4 is 5.32 Å². The lowest BCUT2D eigenvalue weighted by molar-refractivity contribution is 0.0406. The average Bonchev–Trinajstić information content (AvgIpc) is 3.01. The van der Waals surface area contributed by atoms with E-state index >= 15 is 0 Å². The van der Waals surface area contributed by atoms with Crippen LogP contribution in [0.1, 0.15) is 43.9 Å². The van der Waals surface area contributed by atoms with Crippen LogP contribution >= 0.6 is 23.2 Å². The van der Waals surface area contributed by atoms with E-state index in [0.717, 1.165) is 11.1 Å². The molecule has 1 aliphatic rings. The molecule has 1 fully saturated rings. The van der Waals surface area contributed by atoms with Gasteiger partial charge in [0, 0.05) is 33.3 Å². The Balaban J connectivity index is 1.77. The first-order chi connectivity index (χ1) is 19.4. The maximum absolute atomic E-state index is 14.3. The molecule has 7 heteroatoms. The van der Waals surface area contributed by atoms with E-state index in [4.69, 9.17) is 23.2 Å². The summed E-state index contributed by atoms with van der Waals surface area (Å²) < 4.78 is 0. The summed E-state index contributed by atoms with van der Waals surface area (Å²) in [5.74, 6) is -3.29. The molecular formula is C33H23Cl2N3O2. The monoisotopic (exact) mass is 563 g/mol. The van der Waals surface area contributed by atoms with E-state index < -0.39 is 40.9 Å². The summed E-state index contributed by atoms with van der Waals surface area (Å²) in [6, 6.07) is 34.0. The average molecular weight is 564 g/mol. The second kappa shape index (κ2) is 11.5. The molecule has 4 unspecified atom stereocenters. The van der Waals surface area contributed by atoms with E-state index in [1.54, 1.807) is 48.5 Å². The number of piperidine rings is 1. The molecule has 0 amide bonds. The molecule has 5 nitrogen and oxygen atoms in total. The zero-order valence-corrected chi connectivity index (χ0v) is 22.7. The molecule has 5 rings (SSSR count). The molecule has 40 heavy (non-hydrogen) atoms. The van der Waals surface area contributed by atoms with Crippen molar-refractivity contribution in [3.8, 4) is 12.1 Å². The van der Waals surface area contributed by atoms with Gasteiger partial charge in [-0.1, -0.05) is 83.9 Å². The molecule has 1 aliphatic heterocycles. The first-order valence-electron chi connectivity index (χ1n) is 12.7. The lowest BCUT2D eigenvalue weighted by atomic mass is 9.55. The maximum atomic E-state index is 14.3. The van der Waals surface area contributed by atoms with Gasteiger partial charge in [0.05, 0.1) is 24.0 Å². The number of rotatable bonds is 6. The van der Waals surface area contributed by atoms with E-state index in [-0.39, 0.29) is 0 Å². The number of carbonyl (C=O) groups excluding carboxylic acids is 2. The SMILES string of the molecule is N#CC1(C#N)C(C(=O)c2ccc(Cl)cc2)C(c2ccccc2)NC(c2ccccc2)C1C(=O)c1ccc(Cl)cc1. The Labute approximate surface area is 242 Å². The topological polar surface area (TPSA) is 93.8 Å². The van der Waals surface area contributed by atoms with Crippen LogP contribution in [0.2, 0.25) is 10.0 Å². The van der Waals surface area contributed by atoms with Gasteiger partial charge in [0.25, 0.3) is 0 Å². The molecule has 0 bridgehead atoms. The van der Waals surface area contributed by atoms with Crippen LogP contribution in [0.4, 0.5) is 0 Å². The number of nitrogens with zero attached hydrogens (tertiary/aromatic N) is 2. The number of nitriles is 2. The number of hydrogen-bond acceptors (Lipinski definition) is 5. The van der Waals surface area contributed by atoms with Gasteiger partial charge in [0.1, 0.15) is 0 Å². The lowest BCUT2D eigenvalue weighted by Gasteiger charge is -2.48. The molecule has 1 heterocycles. The first-order valence-corrected chi connectivity index (χ1v) is 13.4. The van der Waals surface area contributed by atoms with Gasteiger partial charge in [-0.25, -0.2) is 0 Å². The Hall–Kier alpha value is -4.26. The van der Waals surface area contributed by atoms with Crippen molar-refractivity contribution in [2.24, 2.45) is 17.3 Å². The maximum Gasteiger partial charge on any atom is 0.170 e. The highest BCUT2D eigenvalue weighted by molar-refractivity contribution is 6.31. The molecule has 4 atom stereocenters. The third kappa shape index (κ3) is 4.92. The van der Waals surface area contributed by atoms with Crippen LogP contribution in [0, 0.1) is 39.9 Å². The third-order valence-electron chi connectivity index (χ3n) is 7.52. The number of carbonyl (C=O) groups is 2. The summed E-state index contributed by atoms with van der Waals surface area (Å²) in [7, 11) is 0. The molecule has 4 aromatic carbocycles.